The second-order valence-electron chi connectivity index (χ2n) is 4.81. The predicted molar refractivity (Wildman–Crippen MR) is 90.2 cm³/mol. The number of benzene rings is 2. The molecule has 0 saturated carbocycles. The van der Waals surface area contributed by atoms with E-state index in [9.17, 15) is 21.8 Å². The van der Waals surface area contributed by atoms with Gasteiger partial charge in [-0.15, -0.1) is 6.42 Å². The molecule has 0 fully saturated rings. The molecule has 10 heteroatoms. The standard InChI is InChI=1S/C16H13F2O6PS/c1-2-11-22-26(20,21)12-25(19,23-15-9-5-3-7-13(15)17)24-16-10-6-4-8-14(16)18/h1,3-10H,11-12H2. The molecule has 26 heavy (non-hydrogen) atoms. The normalized spacial score (nSPS) is 11.6. The average Bonchev–Trinajstić information content (AvgIpc) is 2.57. The summed E-state index contributed by atoms with van der Waals surface area (Å²) in [4.78, 5) is 0. The van der Waals surface area contributed by atoms with Gasteiger partial charge in [0.25, 0.3) is 10.1 Å². The fourth-order valence-electron chi connectivity index (χ4n) is 1.76. The molecule has 0 bridgehead atoms. The van der Waals surface area contributed by atoms with Gasteiger partial charge in [-0.25, -0.2) is 13.3 Å². The average molecular weight is 402 g/mol. The minimum atomic E-state index is -4.64. The molecule has 0 N–H and O–H groups in total. The van der Waals surface area contributed by atoms with Crippen LogP contribution in [-0.4, -0.2) is 20.5 Å². The highest BCUT2D eigenvalue weighted by Gasteiger charge is 2.37. The van der Waals surface area contributed by atoms with E-state index in [-0.39, 0.29) is 0 Å². The Morgan fingerprint density at radius 2 is 1.42 bits per heavy atom. The van der Waals surface area contributed by atoms with Gasteiger partial charge < -0.3 is 9.05 Å². The molecule has 0 aliphatic carbocycles. The summed E-state index contributed by atoms with van der Waals surface area (Å²) in [6.45, 7) is -0.609. The van der Waals surface area contributed by atoms with Crippen LogP contribution in [0, 0.1) is 24.0 Å². The molecule has 0 radical (unpaired) electrons. The molecular weight excluding hydrogens is 389 g/mol. The van der Waals surface area contributed by atoms with Crippen molar-refractivity contribution in [2.24, 2.45) is 0 Å². The van der Waals surface area contributed by atoms with E-state index in [1.807, 2.05) is 5.92 Å². The van der Waals surface area contributed by atoms with Gasteiger partial charge in [0.2, 0.25) is 0 Å². The van der Waals surface area contributed by atoms with Gasteiger partial charge in [-0.1, -0.05) is 30.2 Å². The van der Waals surface area contributed by atoms with Crippen LogP contribution < -0.4 is 9.05 Å². The minimum Gasteiger partial charge on any atom is -0.412 e. The van der Waals surface area contributed by atoms with Crippen molar-refractivity contribution >= 4 is 17.7 Å². The Morgan fingerprint density at radius 3 is 1.85 bits per heavy atom. The number of halogens is 2. The van der Waals surface area contributed by atoms with E-state index in [1.54, 1.807) is 0 Å². The first-order chi connectivity index (χ1) is 12.2. The maximum Gasteiger partial charge on any atom is 0.448 e. The van der Waals surface area contributed by atoms with Crippen LogP contribution in [0.1, 0.15) is 0 Å². The number of para-hydroxylation sites is 2. The van der Waals surface area contributed by atoms with Crippen molar-refractivity contribution in [3.05, 3.63) is 60.2 Å². The lowest BCUT2D eigenvalue weighted by atomic mass is 10.3. The first kappa shape index (κ1) is 19.9. The van der Waals surface area contributed by atoms with Gasteiger partial charge in [0.15, 0.2) is 28.6 Å². The molecule has 0 amide bonds. The summed E-state index contributed by atoms with van der Waals surface area (Å²) in [5.41, 5.74) is -1.30. The van der Waals surface area contributed by atoms with Crippen molar-refractivity contribution in [1.29, 1.82) is 0 Å². The Morgan fingerprint density at radius 1 is 0.962 bits per heavy atom. The summed E-state index contributed by atoms with van der Waals surface area (Å²) in [5.74, 6) is -0.943. The molecule has 0 aromatic heterocycles. The Labute approximate surface area is 149 Å². The van der Waals surface area contributed by atoms with Gasteiger partial charge in [0.05, 0.1) is 0 Å². The molecule has 6 nitrogen and oxygen atoms in total. The van der Waals surface area contributed by atoms with Gasteiger partial charge in [-0.2, -0.15) is 8.42 Å². The summed E-state index contributed by atoms with van der Waals surface area (Å²) < 4.78 is 78.8. The van der Waals surface area contributed by atoms with Crippen LogP contribution in [0.15, 0.2) is 48.5 Å². The zero-order chi connectivity index (χ0) is 19.2. The molecule has 0 spiro atoms. The lowest BCUT2D eigenvalue weighted by molar-refractivity contribution is 0.353. The topological polar surface area (TPSA) is 78.9 Å². The third kappa shape index (κ3) is 5.56. The summed E-state index contributed by atoms with van der Waals surface area (Å²) in [6.07, 6.45) is 4.92. The SMILES string of the molecule is C#CCOS(=O)(=O)CP(=O)(Oc1ccccc1F)Oc1ccccc1F. The fraction of sp³-hybridized carbons (Fsp3) is 0.125. The largest absolute Gasteiger partial charge is 0.448 e. The quantitative estimate of drug-likeness (QED) is 0.382. The molecule has 138 valence electrons. The van der Waals surface area contributed by atoms with Crippen molar-refractivity contribution in [2.75, 3.05) is 12.1 Å². The zero-order valence-corrected chi connectivity index (χ0v) is 14.9. The molecule has 0 aliphatic rings. The highest BCUT2D eigenvalue weighted by molar-refractivity contribution is 7.93. The first-order valence-electron chi connectivity index (χ1n) is 7.02. The molecule has 2 aromatic rings. The molecule has 0 atom stereocenters. The van der Waals surface area contributed by atoms with Crippen molar-refractivity contribution in [1.82, 2.24) is 0 Å². The highest BCUT2D eigenvalue weighted by atomic mass is 32.2. The van der Waals surface area contributed by atoms with Crippen LogP contribution in [0.3, 0.4) is 0 Å². The predicted octanol–water partition coefficient (Wildman–Crippen LogP) is 3.55. The van der Waals surface area contributed by atoms with Crippen LogP contribution in [-0.2, 0) is 18.9 Å². The second-order valence-corrected chi connectivity index (χ2v) is 8.78. The van der Waals surface area contributed by atoms with E-state index in [0.717, 1.165) is 24.3 Å². The lowest BCUT2D eigenvalue weighted by Gasteiger charge is -2.20. The molecule has 0 aliphatic heterocycles. The summed E-state index contributed by atoms with van der Waals surface area (Å²) in [5, 5.41) is 0. The minimum absolute atomic E-state index is 0.528. The van der Waals surface area contributed by atoms with Crippen LogP contribution in [0.2, 0.25) is 0 Å². The molecule has 2 rings (SSSR count). The molecule has 2 aromatic carbocycles. The molecular formula is C16H13F2O6PS. The van der Waals surface area contributed by atoms with Crippen LogP contribution in [0.25, 0.3) is 0 Å². The first-order valence-corrected chi connectivity index (χ1v) is 10.3. The molecule has 0 unspecified atom stereocenters. The highest BCUT2D eigenvalue weighted by Crippen LogP contribution is 2.50. The maximum atomic E-state index is 13.8. The van der Waals surface area contributed by atoms with E-state index in [1.165, 1.54) is 24.3 Å². The number of hydrogen-bond acceptors (Lipinski definition) is 6. The third-order valence-electron chi connectivity index (χ3n) is 2.79. The fourth-order valence-corrected chi connectivity index (χ4v) is 5.21. The van der Waals surface area contributed by atoms with Crippen molar-refractivity contribution in [3.8, 4) is 23.8 Å². The number of rotatable bonds is 8. The van der Waals surface area contributed by atoms with Gasteiger partial charge in [0.1, 0.15) is 6.61 Å². The van der Waals surface area contributed by atoms with Gasteiger partial charge in [-0.05, 0) is 24.3 Å². The summed E-state index contributed by atoms with van der Waals surface area (Å²) >= 11 is 0. The maximum absolute atomic E-state index is 13.8. The van der Waals surface area contributed by atoms with E-state index < -0.39 is 52.9 Å². The van der Waals surface area contributed by atoms with Gasteiger partial charge in [-0.3, -0.25) is 4.18 Å². The van der Waals surface area contributed by atoms with Crippen LogP contribution in [0.5, 0.6) is 11.5 Å². The smallest absolute Gasteiger partial charge is 0.412 e. The monoisotopic (exact) mass is 402 g/mol. The Balaban J connectivity index is 2.37. The van der Waals surface area contributed by atoms with Gasteiger partial charge in [0, 0.05) is 0 Å². The zero-order valence-electron chi connectivity index (χ0n) is 13.2. The Hall–Kier alpha value is -2.40. The lowest BCUT2D eigenvalue weighted by Crippen LogP contribution is -2.17. The Bertz CT molecular complexity index is 919. The van der Waals surface area contributed by atoms with Crippen molar-refractivity contribution < 1.29 is 35.0 Å². The van der Waals surface area contributed by atoms with Crippen molar-refractivity contribution in [3.63, 3.8) is 0 Å². The molecule has 0 saturated heterocycles. The molecule has 0 heterocycles. The number of terminal acetylenes is 1. The van der Waals surface area contributed by atoms with E-state index in [0.29, 0.717) is 0 Å². The Kier molecular flexibility index (Phi) is 6.37. The van der Waals surface area contributed by atoms with Gasteiger partial charge >= 0.3 is 7.60 Å². The van der Waals surface area contributed by atoms with E-state index in [4.69, 9.17) is 15.5 Å². The second kappa shape index (κ2) is 8.32. The van der Waals surface area contributed by atoms with Crippen LogP contribution in [0.4, 0.5) is 8.78 Å². The number of hydrogen-bond donors (Lipinski definition) is 0. The van der Waals surface area contributed by atoms with Crippen molar-refractivity contribution in [2.45, 2.75) is 0 Å². The third-order valence-corrected chi connectivity index (χ3v) is 6.74. The van der Waals surface area contributed by atoms with E-state index >= 15 is 0 Å². The van der Waals surface area contributed by atoms with Crippen LogP contribution >= 0.6 is 7.60 Å². The summed E-state index contributed by atoms with van der Waals surface area (Å²) in [7, 11) is -9.11. The van der Waals surface area contributed by atoms with E-state index in [2.05, 4.69) is 4.18 Å². The summed E-state index contributed by atoms with van der Waals surface area (Å²) in [6, 6.07) is 9.67.